The Bertz CT molecular complexity index is 478. The number of nitrogens with zero attached hydrogens (tertiary/aromatic N) is 1. The highest BCUT2D eigenvalue weighted by molar-refractivity contribution is 5.85. The Morgan fingerprint density at radius 3 is 2.41 bits per heavy atom. The molecule has 0 amide bonds. The fourth-order valence-corrected chi connectivity index (χ4v) is 2.63. The first-order valence-corrected chi connectivity index (χ1v) is 6.85. The molecule has 0 aromatic heterocycles. The average Bonchev–Trinajstić information content (AvgIpc) is 2.45. The molecule has 1 heterocycles. The van der Waals surface area contributed by atoms with Gasteiger partial charge in [0.1, 0.15) is 5.82 Å². The summed E-state index contributed by atoms with van der Waals surface area (Å²) < 4.78 is 52.4. The number of nitrogens with one attached hydrogen (secondary N) is 1. The van der Waals surface area contributed by atoms with E-state index in [0.29, 0.717) is 26.2 Å². The van der Waals surface area contributed by atoms with Crippen molar-refractivity contribution in [2.24, 2.45) is 0 Å². The molecule has 2 rings (SSSR count). The topological polar surface area (TPSA) is 35.5 Å². The van der Waals surface area contributed by atoms with E-state index < -0.39 is 23.6 Å². The van der Waals surface area contributed by atoms with E-state index in [1.807, 2.05) is 4.90 Å². The monoisotopic (exact) mass is 342 g/mol. The number of benzene rings is 1. The zero-order valence-corrected chi connectivity index (χ0v) is 12.7. The zero-order chi connectivity index (χ0) is 15.5. The maximum Gasteiger partial charge on any atom is 0.416 e. The number of rotatable bonds is 4. The van der Waals surface area contributed by atoms with Crippen LogP contribution in [0.4, 0.5) is 17.6 Å². The third-order valence-electron chi connectivity index (χ3n) is 3.68. The zero-order valence-electron chi connectivity index (χ0n) is 11.9. The molecule has 1 aliphatic heterocycles. The number of alkyl halides is 3. The Kier molecular flexibility index (Phi) is 7.05. The maximum atomic E-state index is 14.0. The van der Waals surface area contributed by atoms with Crippen LogP contribution >= 0.6 is 12.4 Å². The number of aliphatic hydroxyl groups excluding tert-OH is 1. The summed E-state index contributed by atoms with van der Waals surface area (Å²) in [5, 5.41) is 12.3. The first-order valence-electron chi connectivity index (χ1n) is 6.85. The van der Waals surface area contributed by atoms with Gasteiger partial charge in [-0.15, -0.1) is 12.4 Å². The lowest BCUT2D eigenvalue weighted by atomic mass is 9.98. The maximum absolute atomic E-state index is 14.0. The molecule has 22 heavy (non-hydrogen) atoms. The normalized spacial score (nSPS) is 17.9. The van der Waals surface area contributed by atoms with Gasteiger partial charge in [0, 0.05) is 44.4 Å². The second-order valence-electron chi connectivity index (χ2n) is 5.05. The standard InChI is InChI=1S/C14H18F4N2O.ClH/c15-12-2-1-10(14(16,17)18)9-11(12)13(3-8-21)20-6-4-19-5-7-20;/h1-2,9,13,19,21H,3-8H2;1H/t13-;/m1./s1. The van der Waals surface area contributed by atoms with Crippen LogP contribution in [0.3, 0.4) is 0 Å². The third-order valence-corrected chi connectivity index (χ3v) is 3.68. The van der Waals surface area contributed by atoms with Gasteiger partial charge < -0.3 is 10.4 Å². The van der Waals surface area contributed by atoms with E-state index in [2.05, 4.69) is 5.32 Å². The minimum Gasteiger partial charge on any atom is -0.396 e. The van der Waals surface area contributed by atoms with Crippen LogP contribution in [-0.4, -0.2) is 42.8 Å². The fourth-order valence-electron chi connectivity index (χ4n) is 2.63. The van der Waals surface area contributed by atoms with Gasteiger partial charge in [-0.1, -0.05) is 0 Å². The van der Waals surface area contributed by atoms with Gasteiger partial charge in [-0.25, -0.2) is 4.39 Å². The van der Waals surface area contributed by atoms with E-state index in [1.165, 1.54) is 0 Å². The fraction of sp³-hybridized carbons (Fsp3) is 0.571. The molecule has 1 aromatic rings. The number of aliphatic hydroxyl groups is 1. The molecule has 2 N–H and O–H groups in total. The third kappa shape index (κ3) is 4.55. The first-order chi connectivity index (χ1) is 9.93. The van der Waals surface area contributed by atoms with Gasteiger partial charge in [-0.05, 0) is 24.6 Å². The SMILES string of the molecule is Cl.OCC[C@H](c1cc(C(F)(F)F)ccc1F)N1CCNCC1. The molecule has 0 radical (unpaired) electrons. The lowest BCUT2D eigenvalue weighted by molar-refractivity contribution is -0.137. The van der Waals surface area contributed by atoms with E-state index in [1.54, 1.807) is 0 Å². The Labute approximate surface area is 132 Å². The van der Waals surface area contributed by atoms with Crippen molar-refractivity contribution in [1.29, 1.82) is 0 Å². The molecule has 1 fully saturated rings. The molecule has 0 aliphatic carbocycles. The Balaban J connectivity index is 0.00000242. The largest absolute Gasteiger partial charge is 0.416 e. The Morgan fingerprint density at radius 1 is 1.23 bits per heavy atom. The van der Waals surface area contributed by atoms with Gasteiger partial charge in [-0.3, -0.25) is 4.90 Å². The quantitative estimate of drug-likeness (QED) is 0.826. The van der Waals surface area contributed by atoms with E-state index in [0.717, 1.165) is 18.2 Å². The van der Waals surface area contributed by atoms with Crippen molar-refractivity contribution in [3.63, 3.8) is 0 Å². The highest BCUT2D eigenvalue weighted by Crippen LogP contribution is 2.34. The molecule has 1 aliphatic rings. The van der Waals surface area contributed by atoms with Crippen molar-refractivity contribution >= 4 is 12.4 Å². The second-order valence-corrected chi connectivity index (χ2v) is 5.05. The molecule has 1 saturated heterocycles. The molecular weight excluding hydrogens is 324 g/mol. The predicted octanol–water partition coefficient (Wildman–Crippen LogP) is 2.60. The first kappa shape index (κ1) is 19.2. The van der Waals surface area contributed by atoms with Crippen LogP contribution in [0.5, 0.6) is 0 Å². The van der Waals surface area contributed by atoms with Crippen LogP contribution in [0.25, 0.3) is 0 Å². The van der Waals surface area contributed by atoms with Gasteiger partial charge >= 0.3 is 6.18 Å². The number of piperazine rings is 1. The van der Waals surface area contributed by atoms with Crippen LogP contribution in [0.15, 0.2) is 18.2 Å². The number of halogens is 5. The van der Waals surface area contributed by atoms with E-state index in [-0.39, 0.29) is 31.0 Å². The molecule has 0 unspecified atom stereocenters. The summed E-state index contributed by atoms with van der Waals surface area (Å²) >= 11 is 0. The summed E-state index contributed by atoms with van der Waals surface area (Å²) in [4.78, 5) is 1.91. The van der Waals surface area contributed by atoms with Crippen molar-refractivity contribution in [3.05, 3.63) is 35.1 Å². The van der Waals surface area contributed by atoms with Gasteiger partial charge in [0.25, 0.3) is 0 Å². The van der Waals surface area contributed by atoms with Crippen molar-refractivity contribution in [3.8, 4) is 0 Å². The van der Waals surface area contributed by atoms with Crippen LogP contribution in [0.1, 0.15) is 23.6 Å². The van der Waals surface area contributed by atoms with Crippen molar-refractivity contribution in [2.75, 3.05) is 32.8 Å². The summed E-state index contributed by atoms with van der Waals surface area (Å²) in [6.07, 6.45) is -4.30. The highest BCUT2D eigenvalue weighted by atomic mass is 35.5. The van der Waals surface area contributed by atoms with Gasteiger partial charge in [0.15, 0.2) is 0 Å². The van der Waals surface area contributed by atoms with E-state index in [4.69, 9.17) is 5.11 Å². The molecule has 0 bridgehead atoms. The molecule has 0 saturated carbocycles. The Hall–Kier alpha value is -0.890. The molecule has 3 nitrogen and oxygen atoms in total. The minimum absolute atomic E-state index is 0. The highest BCUT2D eigenvalue weighted by Gasteiger charge is 2.33. The van der Waals surface area contributed by atoms with Gasteiger partial charge in [0.05, 0.1) is 5.56 Å². The van der Waals surface area contributed by atoms with Crippen LogP contribution in [0, 0.1) is 5.82 Å². The van der Waals surface area contributed by atoms with Crippen LogP contribution < -0.4 is 5.32 Å². The number of hydrogen-bond acceptors (Lipinski definition) is 3. The van der Waals surface area contributed by atoms with Gasteiger partial charge in [0.2, 0.25) is 0 Å². The smallest absolute Gasteiger partial charge is 0.396 e. The molecular formula is C14H19ClF4N2O. The summed E-state index contributed by atoms with van der Waals surface area (Å²) in [5.74, 6) is -0.667. The second kappa shape index (κ2) is 8.10. The van der Waals surface area contributed by atoms with E-state index in [9.17, 15) is 17.6 Å². The summed E-state index contributed by atoms with van der Waals surface area (Å²) in [5.41, 5.74) is -0.863. The molecule has 126 valence electrons. The molecule has 1 aromatic carbocycles. The van der Waals surface area contributed by atoms with Crippen molar-refractivity contribution < 1.29 is 22.7 Å². The van der Waals surface area contributed by atoms with Crippen molar-refractivity contribution in [1.82, 2.24) is 10.2 Å². The summed E-state index contributed by atoms with van der Waals surface area (Å²) in [6.45, 7) is 2.41. The lowest BCUT2D eigenvalue weighted by Crippen LogP contribution is -2.45. The van der Waals surface area contributed by atoms with Crippen LogP contribution in [-0.2, 0) is 6.18 Å². The summed E-state index contributed by atoms with van der Waals surface area (Å²) in [6, 6.07) is 1.91. The number of hydrogen-bond donors (Lipinski definition) is 2. The molecule has 0 spiro atoms. The Morgan fingerprint density at radius 2 is 1.86 bits per heavy atom. The molecule has 8 heteroatoms. The van der Waals surface area contributed by atoms with Crippen LogP contribution in [0.2, 0.25) is 0 Å². The summed E-state index contributed by atoms with van der Waals surface area (Å²) in [7, 11) is 0. The van der Waals surface area contributed by atoms with Crippen molar-refractivity contribution in [2.45, 2.75) is 18.6 Å². The lowest BCUT2D eigenvalue weighted by Gasteiger charge is -2.35. The predicted molar refractivity (Wildman–Crippen MR) is 77.5 cm³/mol. The van der Waals surface area contributed by atoms with Gasteiger partial charge in [-0.2, -0.15) is 13.2 Å². The van der Waals surface area contributed by atoms with E-state index >= 15 is 0 Å². The average molecular weight is 343 g/mol. The minimum atomic E-state index is -4.50. The molecule has 1 atom stereocenters.